The number of amides is 1. The second kappa shape index (κ2) is 8.36. The fraction of sp³-hybridized carbons (Fsp3) is 0.150. The molecule has 2 aromatic carbocycles. The molecule has 3 aromatic rings. The number of aromatic nitrogens is 2. The third-order valence-corrected chi connectivity index (χ3v) is 4.21. The molecule has 0 bridgehead atoms. The van der Waals surface area contributed by atoms with Crippen LogP contribution in [0.15, 0.2) is 59.5 Å². The first-order valence-electron chi connectivity index (χ1n) is 8.64. The highest BCUT2D eigenvalue weighted by Gasteiger charge is 2.15. The van der Waals surface area contributed by atoms with E-state index in [1.807, 2.05) is 0 Å². The quantitative estimate of drug-likeness (QED) is 0.435. The Morgan fingerprint density at radius 1 is 1.07 bits per heavy atom. The third-order valence-electron chi connectivity index (χ3n) is 4.21. The highest BCUT2D eigenvalue weighted by Crippen LogP contribution is 2.17. The summed E-state index contributed by atoms with van der Waals surface area (Å²) in [5, 5.41) is 21.3. The van der Waals surface area contributed by atoms with Crippen LogP contribution < -0.4 is 16.6 Å². The maximum Gasteiger partial charge on any atom is 0.274 e. The van der Waals surface area contributed by atoms with Gasteiger partial charge in [0.2, 0.25) is 5.91 Å². The summed E-state index contributed by atoms with van der Waals surface area (Å²) in [6.45, 7) is 0.279. The average molecular weight is 380 g/mol. The van der Waals surface area contributed by atoms with Crippen LogP contribution >= 0.6 is 0 Å². The van der Waals surface area contributed by atoms with E-state index in [2.05, 4.69) is 15.3 Å². The lowest BCUT2D eigenvalue weighted by atomic mass is 10.1. The Morgan fingerprint density at radius 3 is 2.29 bits per heavy atom. The van der Waals surface area contributed by atoms with Crippen LogP contribution in [0.4, 0.5) is 0 Å². The zero-order valence-corrected chi connectivity index (χ0v) is 14.9. The monoisotopic (exact) mass is 380 g/mol. The minimum absolute atomic E-state index is 0.101. The lowest BCUT2D eigenvalue weighted by Crippen LogP contribution is -2.35. The second-order valence-electron chi connectivity index (χ2n) is 6.24. The molecule has 0 fully saturated rings. The van der Waals surface area contributed by atoms with Crippen molar-refractivity contribution in [3.05, 3.63) is 76.3 Å². The summed E-state index contributed by atoms with van der Waals surface area (Å²) in [7, 11) is 0. The Kier molecular flexibility index (Phi) is 5.71. The number of nitrogens with one attached hydrogen (secondary N) is 2. The molecule has 0 aliphatic rings. The van der Waals surface area contributed by atoms with Crippen LogP contribution in [0.5, 0.6) is 11.5 Å². The maximum absolute atomic E-state index is 12.2. The number of nitrogens with zero attached hydrogens (tertiary/aromatic N) is 1. The van der Waals surface area contributed by atoms with Gasteiger partial charge in [-0.15, -0.1) is 0 Å². The van der Waals surface area contributed by atoms with Gasteiger partial charge in [0, 0.05) is 30.4 Å². The molecule has 1 aromatic heterocycles. The van der Waals surface area contributed by atoms with E-state index in [0.29, 0.717) is 23.2 Å². The number of hydrogen-bond donors (Lipinski definition) is 5. The summed E-state index contributed by atoms with van der Waals surface area (Å²) >= 11 is 0. The van der Waals surface area contributed by atoms with Crippen molar-refractivity contribution in [2.75, 3.05) is 6.54 Å². The van der Waals surface area contributed by atoms with Crippen molar-refractivity contribution in [1.29, 1.82) is 0 Å². The number of carbonyl (C=O) groups excluding carboxylic acids is 1. The molecule has 8 heteroatoms. The van der Waals surface area contributed by atoms with Crippen LogP contribution in [0.1, 0.15) is 17.3 Å². The van der Waals surface area contributed by atoms with E-state index in [1.54, 1.807) is 24.3 Å². The molecular weight excluding hydrogens is 360 g/mol. The number of aromatic hydroxyl groups is 2. The molecule has 0 aliphatic carbocycles. The number of benzene rings is 2. The molecule has 28 heavy (non-hydrogen) atoms. The molecule has 0 saturated heterocycles. The second-order valence-corrected chi connectivity index (χ2v) is 6.24. The third kappa shape index (κ3) is 4.54. The lowest BCUT2D eigenvalue weighted by molar-refractivity contribution is -0.122. The Bertz CT molecular complexity index is 1010. The van der Waals surface area contributed by atoms with Crippen LogP contribution in [0.25, 0.3) is 11.3 Å². The van der Waals surface area contributed by atoms with Gasteiger partial charge in [0.15, 0.2) is 0 Å². The van der Waals surface area contributed by atoms with Crippen molar-refractivity contribution in [1.82, 2.24) is 15.3 Å². The van der Waals surface area contributed by atoms with Crippen molar-refractivity contribution in [2.24, 2.45) is 5.73 Å². The Hall–Kier alpha value is -3.65. The van der Waals surface area contributed by atoms with Gasteiger partial charge in [-0.3, -0.25) is 9.59 Å². The van der Waals surface area contributed by atoms with Crippen molar-refractivity contribution < 1.29 is 15.0 Å². The maximum atomic E-state index is 12.2. The summed E-state index contributed by atoms with van der Waals surface area (Å²) in [5.74, 6) is -0.150. The molecule has 3 rings (SSSR count). The fourth-order valence-corrected chi connectivity index (χ4v) is 2.65. The van der Waals surface area contributed by atoms with Gasteiger partial charge >= 0.3 is 0 Å². The molecule has 1 heterocycles. The van der Waals surface area contributed by atoms with Gasteiger partial charge < -0.3 is 26.2 Å². The number of carbonyl (C=O) groups is 1. The number of phenolic OH excluding ortho intramolecular Hbond substituents is 2. The SMILES string of the molecule is NC(C(=O)NCCc1cnc(-c2ccc(O)cc2)c(=O)[nH]1)c1ccc(O)cc1. The molecule has 0 aliphatic heterocycles. The predicted molar refractivity (Wildman–Crippen MR) is 104 cm³/mol. The molecule has 1 unspecified atom stereocenters. The summed E-state index contributed by atoms with van der Waals surface area (Å²) in [5.41, 5.74) is 7.56. The van der Waals surface area contributed by atoms with Gasteiger partial charge in [-0.05, 0) is 42.0 Å². The van der Waals surface area contributed by atoms with Crippen LogP contribution in [0.2, 0.25) is 0 Å². The zero-order valence-electron chi connectivity index (χ0n) is 14.9. The lowest BCUT2D eigenvalue weighted by Gasteiger charge is -2.12. The minimum Gasteiger partial charge on any atom is -0.508 e. The topological polar surface area (TPSA) is 141 Å². The van der Waals surface area contributed by atoms with Gasteiger partial charge in [0.1, 0.15) is 23.2 Å². The summed E-state index contributed by atoms with van der Waals surface area (Å²) in [4.78, 5) is 31.3. The number of nitrogens with two attached hydrogens (primary N) is 1. The molecule has 1 amide bonds. The standard InChI is InChI=1S/C20H20N4O4/c21-17(12-1-5-15(25)6-2-12)19(27)22-10-9-14-11-23-18(20(28)24-14)13-3-7-16(26)8-4-13/h1-8,11,17,25-26H,9-10,21H2,(H,22,27)(H,24,28). The Balaban J connectivity index is 1.58. The Labute approximate surface area is 160 Å². The van der Waals surface area contributed by atoms with E-state index in [9.17, 15) is 19.8 Å². The molecule has 6 N–H and O–H groups in total. The van der Waals surface area contributed by atoms with E-state index < -0.39 is 6.04 Å². The van der Waals surface area contributed by atoms with E-state index in [4.69, 9.17) is 5.73 Å². The van der Waals surface area contributed by atoms with E-state index >= 15 is 0 Å². The van der Waals surface area contributed by atoms with Gasteiger partial charge in [0.05, 0.1) is 0 Å². The molecule has 0 spiro atoms. The van der Waals surface area contributed by atoms with Gasteiger partial charge in [-0.1, -0.05) is 12.1 Å². The van der Waals surface area contributed by atoms with Crippen molar-refractivity contribution in [2.45, 2.75) is 12.5 Å². The number of hydrogen-bond acceptors (Lipinski definition) is 6. The Morgan fingerprint density at radius 2 is 1.68 bits per heavy atom. The van der Waals surface area contributed by atoms with Crippen molar-refractivity contribution in [3.63, 3.8) is 0 Å². The first kappa shape index (κ1) is 19.1. The predicted octanol–water partition coefficient (Wildman–Crippen LogP) is 1.21. The summed E-state index contributed by atoms with van der Waals surface area (Å²) in [6.07, 6.45) is 1.92. The van der Waals surface area contributed by atoms with Gasteiger partial charge in [0.25, 0.3) is 5.56 Å². The first-order valence-corrected chi connectivity index (χ1v) is 8.64. The smallest absolute Gasteiger partial charge is 0.274 e. The van der Waals surface area contributed by atoms with Crippen LogP contribution in [-0.4, -0.2) is 32.6 Å². The van der Waals surface area contributed by atoms with Gasteiger partial charge in [-0.25, -0.2) is 4.98 Å². The molecular formula is C20H20N4O4. The van der Waals surface area contributed by atoms with E-state index in [-0.39, 0.29) is 35.2 Å². The highest BCUT2D eigenvalue weighted by atomic mass is 16.3. The molecule has 1 atom stereocenters. The van der Waals surface area contributed by atoms with Crippen LogP contribution in [0.3, 0.4) is 0 Å². The van der Waals surface area contributed by atoms with Crippen LogP contribution in [0, 0.1) is 0 Å². The molecule has 0 radical (unpaired) electrons. The van der Waals surface area contributed by atoms with Crippen molar-refractivity contribution in [3.8, 4) is 22.8 Å². The minimum atomic E-state index is -0.852. The number of H-pyrrole nitrogens is 1. The van der Waals surface area contributed by atoms with Crippen LogP contribution in [-0.2, 0) is 11.2 Å². The average Bonchev–Trinajstić information content (AvgIpc) is 2.69. The molecule has 144 valence electrons. The van der Waals surface area contributed by atoms with E-state index in [1.165, 1.54) is 30.5 Å². The van der Waals surface area contributed by atoms with Crippen molar-refractivity contribution >= 4 is 5.91 Å². The fourth-order valence-electron chi connectivity index (χ4n) is 2.65. The summed E-state index contributed by atoms with van der Waals surface area (Å²) < 4.78 is 0. The first-order chi connectivity index (χ1) is 13.4. The molecule has 0 saturated carbocycles. The number of aromatic amines is 1. The highest BCUT2D eigenvalue weighted by molar-refractivity contribution is 5.82. The molecule has 8 nitrogen and oxygen atoms in total. The number of phenols is 2. The largest absolute Gasteiger partial charge is 0.508 e. The zero-order chi connectivity index (χ0) is 20.1. The normalized spacial score (nSPS) is 11.8. The van der Waals surface area contributed by atoms with E-state index in [0.717, 1.165) is 0 Å². The summed E-state index contributed by atoms with van der Waals surface area (Å²) in [6, 6.07) is 11.4. The van der Waals surface area contributed by atoms with Gasteiger partial charge in [-0.2, -0.15) is 0 Å². The number of rotatable bonds is 6.